The van der Waals surface area contributed by atoms with E-state index in [4.69, 9.17) is 0 Å². The van der Waals surface area contributed by atoms with Crippen molar-refractivity contribution in [2.24, 2.45) is 18.9 Å². The number of amides is 1. The first-order valence-corrected chi connectivity index (χ1v) is 6.60. The summed E-state index contributed by atoms with van der Waals surface area (Å²) in [5.41, 5.74) is 1.57. The van der Waals surface area contributed by atoms with E-state index < -0.39 is 0 Å². The number of rotatable bonds is 1. The average Bonchev–Trinajstić information content (AvgIpc) is 2.96. The van der Waals surface area contributed by atoms with Crippen LogP contribution in [0.1, 0.15) is 23.0 Å². The van der Waals surface area contributed by atoms with E-state index in [2.05, 4.69) is 17.3 Å². The predicted molar refractivity (Wildman–Crippen MR) is 68.3 cm³/mol. The molecule has 2 aliphatic rings. The van der Waals surface area contributed by atoms with Gasteiger partial charge in [0.25, 0.3) is 5.91 Å². The third-order valence-electron chi connectivity index (χ3n) is 4.44. The van der Waals surface area contributed by atoms with Crippen LogP contribution in [0.2, 0.25) is 0 Å². The SMILES string of the molecule is Cc1nn(C)cc1C(=O)N1CC2CNCC2C1C. The molecule has 0 spiro atoms. The maximum atomic E-state index is 12.6. The molecule has 2 fully saturated rings. The Hall–Kier alpha value is -1.36. The molecular weight excluding hydrogens is 228 g/mol. The van der Waals surface area contributed by atoms with Crippen molar-refractivity contribution < 1.29 is 4.79 Å². The number of fused-ring (bicyclic) bond motifs is 1. The summed E-state index contributed by atoms with van der Waals surface area (Å²) in [7, 11) is 1.86. The van der Waals surface area contributed by atoms with Crippen molar-refractivity contribution >= 4 is 5.91 Å². The number of likely N-dealkylation sites (tertiary alicyclic amines) is 1. The molecule has 3 atom stereocenters. The molecule has 1 N–H and O–H groups in total. The molecule has 3 unspecified atom stereocenters. The van der Waals surface area contributed by atoms with E-state index in [1.165, 1.54) is 0 Å². The Bertz CT molecular complexity index is 481. The summed E-state index contributed by atoms with van der Waals surface area (Å²) in [6, 6.07) is 0.331. The third-order valence-corrected chi connectivity index (χ3v) is 4.44. The van der Waals surface area contributed by atoms with Gasteiger partial charge in [-0.2, -0.15) is 5.10 Å². The topological polar surface area (TPSA) is 50.2 Å². The Labute approximate surface area is 107 Å². The number of hydrogen-bond acceptors (Lipinski definition) is 3. The zero-order valence-electron chi connectivity index (χ0n) is 11.2. The molecule has 0 bridgehead atoms. The van der Waals surface area contributed by atoms with Crippen LogP contribution >= 0.6 is 0 Å². The number of hydrogen-bond donors (Lipinski definition) is 1. The van der Waals surface area contributed by atoms with Gasteiger partial charge in [0.15, 0.2) is 0 Å². The molecule has 2 aliphatic heterocycles. The fourth-order valence-electron chi connectivity index (χ4n) is 3.40. The van der Waals surface area contributed by atoms with Crippen LogP contribution in [0.15, 0.2) is 6.20 Å². The molecule has 98 valence electrons. The molecule has 18 heavy (non-hydrogen) atoms. The molecule has 1 aromatic rings. The fraction of sp³-hybridized carbons (Fsp3) is 0.692. The number of carbonyl (C=O) groups is 1. The minimum Gasteiger partial charge on any atom is -0.335 e. The van der Waals surface area contributed by atoms with Gasteiger partial charge in [-0.25, -0.2) is 0 Å². The first-order valence-electron chi connectivity index (χ1n) is 6.60. The van der Waals surface area contributed by atoms with Gasteiger partial charge in [0.1, 0.15) is 0 Å². The first-order chi connectivity index (χ1) is 8.58. The van der Waals surface area contributed by atoms with Crippen LogP contribution in [0, 0.1) is 18.8 Å². The second kappa shape index (κ2) is 4.09. The largest absolute Gasteiger partial charge is 0.335 e. The van der Waals surface area contributed by atoms with Crippen molar-refractivity contribution in [2.75, 3.05) is 19.6 Å². The van der Waals surface area contributed by atoms with Crippen LogP contribution in [0.25, 0.3) is 0 Å². The highest BCUT2D eigenvalue weighted by Gasteiger charge is 2.44. The van der Waals surface area contributed by atoms with E-state index in [-0.39, 0.29) is 5.91 Å². The smallest absolute Gasteiger partial charge is 0.257 e. The Morgan fingerprint density at radius 3 is 2.89 bits per heavy atom. The molecule has 0 aliphatic carbocycles. The standard InChI is InChI=1S/C13H20N4O/c1-8-12(7-16(3)15-8)13(18)17-6-10-4-14-5-11(10)9(17)2/h7,9-11,14H,4-6H2,1-3H3. The van der Waals surface area contributed by atoms with Gasteiger partial charge in [-0.05, 0) is 25.7 Å². The zero-order valence-corrected chi connectivity index (χ0v) is 11.2. The lowest BCUT2D eigenvalue weighted by atomic mass is 9.95. The van der Waals surface area contributed by atoms with E-state index in [0.717, 1.165) is 30.9 Å². The highest BCUT2D eigenvalue weighted by Crippen LogP contribution is 2.33. The molecule has 3 rings (SSSR count). The van der Waals surface area contributed by atoms with E-state index in [1.54, 1.807) is 4.68 Å². The predicted octanol–water partition coefficient (Wildman–Crippen LogP) is 0.408. The Morgan fingerprint density at radius 2 is 2.28 bits per heavy atom. The number of carbonyl (C=O) groups excluding carboxylic acids is 1. The molecule has 2 saturated heterocycles. The van der Waals surface area contributed by atoms with Crippen molar-refractivity contribution in [2.45, 2.75) is 19.9 Å². The van der Waals surface area contributed by atoms with Gasteiger partial charge >= 0.3 is 0 Å². The number of nitrogens with one attached hydrogen (secondary N) is 1. The highest BCUT2D eigenvalue weighted by atomic mass is 16.2. The Balaban J connectivity index is 1.83. The third kappa shape index (κ3) is 1.65. The number of aryl methyl sites for hydroxylation is 2. The number of aromatic nitrogens is 2. The Morgan fingerprint density at radius 1 is 1.50 bits per heavy atom. The molecule has 1 aromatic heterocycles. The van der Waals surface area contributed by atoms with Crippen LogP contribution < -0.4 is 5.32 Å². The van der Waals surface area contributed by atoms with Gasteiger partial charge in [-0.15, -0.1) is 0 Å². The molecule has 0 radical (unpaired) electrons. The van der Waals surface area contributed by atoms with E-state index >= 15 is 0 Å². The molecule has 0 saturated carbocycles. The maximum Gasteiger partial charge on any atom is 0.257 e. The van der Waals surface area contributed by atoms with Crippen molar-refractivity contribution in [3.63, 3.8) is 0 Å². The quantitative estimate of drug-likeness (QED) is 0.783. The number of nitrogens with zero attached hydrogens (tertiary/aromatic N) is 3. The molecule has 1 amide bonds. The van der Waals surface area contributed by atoms with Crippen LogP contribution in [-0.4, -0.2) is 46.3 Å². The monoisotopic (exact) mass is 248 g/mol. The molecule has 5 heteroatoms. The maximum absolute atomic E-state index is 12.6. The highest BCUT2D eigenvalue weighted by molar-refractivity contribution is 5.95. The van der Waals surface area contributed by atoms with Crippen LogP contribution in [0.5, 0.6) is 0 Å². The first kappa shape index (κ1) is 11.7. The van der Waals surface area contributed by atoms with Crippen LogP contribution in [0.4, 0.5) is 0 Å². The summed E-state index contributed by atoms with van der Waals surface area (Å²) in [5.74, 6) is 1.38. The van der Waals surface area contributed by atoms with Gasteiger partial charge in [0, 0.05) is 38.9 Å². The van der Waals surface area contributed by atoms with Gasteiger partial charge in [-0.1, -0.05) is 0 Å². The molecule has 3 heterocycles. The molecular formula is C13H20N4O. The van der Waals surface area contributed by atoms with Gasteiger partial charge < -0.3 is 10.2 Å². The van der Waals surface area contributed by atoms with E-state index in [9.17, 15) is 4.79 Å². The van der Waals surface area contributed by atoms with Crippen LogP contribution in [-0.2, 0) is 7.05 Å². The summed E-state index contributed by atoms with van der Waals surface area (Å²) in [5, 5.41) is 7.67. The van der Waals surface area contributed by atoms with Gasteiger partial charge in [-0.3, -0.25) is 9.48 Å². The second-order valence-electron chi connectivity index (χ2n) is 5.58. The summed E-state index contributed by atoms with van der Waals surface area (Å²) in [4.78, 5) is 14.6. The average molecular weight is 248 g/mol. The minimum atomic E-state index is 0.141. The van der Waals surface area contributed by atoms with E-state index in [0.29, 0.717) is 17.9 Å². The molecule has 5 nitrogen and oxygen atoms in total. The minimum absolute atomic E-state index is 0.141. The Kier molecular flexibility index (Phi) is 2.66. The lowest BCUT2D eigenvalue weighted by Crippen LogP contribution is -2.38. The lowest BCUT2D eigenvalue weighted by Gasteiger charge is -2.24. The zero-order chi connectivity index (χ0) is 12.9. The normalized spacial score (nSPS) is 30.8. The molecule has 0 aromatic carbocycles. The van der Waals surface area contributed by atoms with Crippen LogP contribution in [0.3, 0.4) is 0 Å². The summed E-state index contributed by atoms with van der Waals surface area (Å²) >= 11 is 0. The summed E-state index contributed by atoms with van der Waals surface area (Å²) in [6.45, 7) is 7.04. The lowest BCUT2D eigenvalue weighted by molar-refractivity contribution is 0.0727. The van der Waals surface area contributed by atoms with Crippen molar-refractivity contribution in [3.8, 4) is 0 Å². The van der Waals surface area contributed by atoms with Gasteiger partial charge in [0.05, 0.1) is 11.3 Å². The second-order valence-corrected chi connectivity index (χ2v) is 5.58. The summed E-state index contributed by atoms with van der Waals surface area (Å²) < 4.78 is 1.71. The van der Waals surface area contributed by atoms with Gasteiger partial charge in [0.2, 0.25) is 0 Å². The van der Waals surface area contributed by atoms with Crippen molar-refractivity contribution in [1.82, 2.24) is 20.0 Å². The van der Waals surface area contributed by atoms with E-state index in [1.807, 2.05) is 25.1 Å². The summed E-state index contributed by atoms with van der Waals surface area (Å²) in [6.07, 6.45) is 1.83. The van der Waals surface area contributed by atoms with Crippen molar-refractivity contribution in [1.29, 1.82) is 0 Å². The fourth-order valence-corrected chi connectivity index (χ4v) is 3.40. The van der Waals surface area contributed by atoms with Crippen molar-refractivity contribution in [3.05, 3.63) is 17.5 Å².